The maximum Gasteiger partial charge on any atom is 0.333 e. The van der Waals surface area contributed by atoms with Gasteiger partial charge < -0.3 is 9.84 Å². The lowest BCUT2D eigenvalue weighted by molar-refractivity contribution is -0.139. The third-order valence-electron chi connectivity index (χ3n) is 6.25. The van der Waals surface area contributed by atoms with E-state index in [0.29, 0.717) is 18.1 Å². The first kappa shape index (κ1) is 25.5. The molecule has 0 aromatic heterocycles. The summed E-state index contributed by atoms with van der Waals surface area (Å²) in [7, 11) is 0. The predicted molar refractivity (Wildman–Crippen MR) is 142 cm³/mol. The molecule has 0 aliphatic rings. The Kier molecular flexibility index (Phi) is 9.66. The molecule has 0 amide bonds. The van der Waals surface area contributed by atoms with E-state index in [2.05, 4.69) is 73.8 Å². The standard InChI is InChI=1S/C31H36O3/c1-4-5-8-24-11-13-26(14-12-24)28-16-18-29-21-27(15-17-30(29)22-28)25(9-6-19-32)10-7-20-34-31(33)23(2)3/h4,11-18,21-22,25,32H,1-2,5-10,19-20H2,3H3. The zero-order chi connectivity index (χ0) is 24.3. The number of aryl methyl sites for hydroxylation is 1. The van der Waals surface area contributed by atoms with Crippen LogP contribution in [0, 0.1) is 0 Å². The number of fused-ring (bicyclic) bond motifs is 1. The molecule has 0 aliphatic carbocycles. The van der Waals surface area contributed by atoms with Crippen molar-refractivity contribution in [1.29, 1.82) is 0 Å². The molecule has 34 heavy (non-hydrogen) atoms. The SMILES string of the molecule is C=CCCc1ccc(-c2ccc3cc(C(CCCO)CCCOC(=O)C(=C)C)ccc3c2)cc1. The highest BCUT2D eigenvalue weighted by molar-refractivity contribution is 5.88. The molecule has 178 valence electrons. The minimum Gasteiger partial charge on any atom is -0.462 e. The molecule has 3 rings (SSSR count). The first-order chi connectivity index (χ1) is 16.5. The maximum atomic E-state index is 11.6. The molecule has 0 radical (unpaired) electrons. The van der Waals surface area contributed by atoms with Crippen molar-refractivity contribution in [2.45, 2.75) is 51.4 Å². The summed E-state index contributed by atoms with van der Waals surface area (Å²) in [6, 6.07) is 22.1. The average molecular weight is 457 g/mol. The van der Waals surface area contributed by atoms with Gasteiger partial charge in [-0.3, -0.25) is 0 Å². The van der Waals surface area contributed by atoms with Crippen molar-refractivity contribution >= 4 is 16.7 Å². The van der Waals surface area contributed by atoms with Gasteiger partial charge in [-0.15, -0.1) is 6.58 Å². The van der Waals surface area contributed by atoms with Gasteiger partial charge in [-0.2, -0.15) is 0 Å². The number of allylic oxidation sites excluding steroid dienone is 1. The van der Waals surface area contributed by atoms with E-state index in [1.54, 1.807) is 6.92 Å². The fourth-order valence-electron chi connectivity index (χ4n) is 4.26. The summed E-state index contributed by atoms with van der Waals surface area (Å²) in [5.41, 5.74) is 5.46. The molecule has 3 aromatic carbocycles. The van der Waals surface area contributed by atoms with Crippen LogP contribution in [-0.2, 0) is 16.0 Å². The molecular weight excluding hydrogens is 420 g/mol. The van der Waals surface area contributed by atoms with Crippen molar-refractivity contribution in [2.24, 2.45) is 0 Å². The van der Waals surface area contributed by atoms with E-state index in [1.807, 2.05) is 6.08 Å². The van der Waals surface area contributed by atoms with Gasteiger partial charge in [0.15, 0.2) is 0 Å². The molecule has 0 saturated heterocycles. The first-order valence-electron chi connectivity index (χ1n) is 12.2. The Hall–Kier alpha value is -3.17. The molecular formula is C31H36O3. The number of hydrogen-bond donors (Lipinski definition) is 1. The van der Waals surface area contributed by atoms with Gasteiger partial charge in [0.1, 0.15) is 0 Å². The quantitative estimate of drug-likeness (QED) is 0.126. The molecule has 1 atom stereocenters. The van der Waals surface area contributed by atoms with Crippen LogP contribution in [-0.4, -0.2) is 24.3 Å². The number of rotatable bonds is 13. The summed E-state index contributed by atoms with van der Waals surface area (Å²) in [6.07, 6.45) is 7.34. The molecule has 3 nitrogen and oxygen atoms in total. The number of carbonyl (C=O) groups excluding carboxylic acids is 1. The molecule has 3 aromatic rings. The predicted octanol–water partition coefficient (Wildman–Crippen LogP) is 7.38. The minimum absolute atomic E-state index is 0.185. The Bertz CT molecular complexity index is 1110. The smallest absolute Gasteiger partial charge is 0.333 e. The van der Waals surface area contributed by atoms with Crippen LogP contribution in [0.2, 0.25) is 0 Å². The summed E-state index contributed by atoms with van der Waals surface area (Å²) < 4.78 is 5.25. The minimum atomic E-state index is -0.333. The van der Waals surface area contributed by atoms with Gasteiger partial charge in [0.2, 0.25) is 0 Å². The summed E-state index contributed by atoms with van der Waals surface area (Å²) in [4.78, 5) is 11.6. The Morgan fingerprint density at radius 3 is 2.35 bits per heavy atom. The van der Waals surface area contributed by atoms with E-state index in [1.165, 1.54) is 33.0 Å². The van der Waals surface area contributed by atoms with Crippen LogP contribution in [0.3, 0.4) is 0 Å². The van der Waals surface area contributed by atoms with E-state index >= 15 is 0 Å². The van der Waals surface area contributed by atoms with Crippen LogP contribution in [0.4, 0.5) is 0 Å². The topological polar surface area (TPSA) is 46.5 Å². The molecule has 0 bridgehead atoms. The number of benzene rings is 3. The lowest BCUT2D eigenvalue weighted by Gasteiger charge is -2.18. The summed E-state index contributed by atoms with van der Waals surface area (Å²) >= 11 is 0. The number of aliphatic hydroxyl groups is 1. The van der Waals surface area contributed by atoms with Crippen molar-refractivity contribution in [1.82, 2.24) is 0 Å². The van der Waals surface area contributed by atoms with Crippen LogP contribution in [0.25, 0.3) is 21.9 Å². The second-order valence-corrected chi connectivity index (χ2v) is 8.97. The molecule has 1 unspecified atom stereocenters. The van der Waals surface area contributed by atoms with Gasteiger partial charge in [0, 0.05) is 12.2 Å². The number of hydrogen-bond acceptors (Lipinski definition) is 3. The zero-order valence-corrected chi connectivity index (χ0v) is 20.3. The molecule has 0 spiro atoms. The van der Waals surface area contributed by atoms with Crippen molar-refractivity contribution < 1.29 is 14.6 Å². The van der Waals surface area contributed by atoms with Gasteiger partial charge in [-0.1, -0.05) is 67.3 Å². The third kappa shape index (κ3) is 7.16. The average Bonchev–Trinajstić information content (AvgIpc) is 2.86. The second-order valence-electron chi connectivity index (χ2n) is 8.97. The van der Waals surface area contributed by atoms with E-state index in [4.69, 9.17) is 4.74 Å². The van der Waals surface area contributed by atoms with Gasteiger partial charge in [-0.05, 0) is 90.5 Å². The van der Waals surface area contributed by atoms with Crippen molar-refractivity contribution in [3.8, 4) is 11.1 Å². The van der Waals surface area contributed by atoms with Crippen molar-refractivity contribution in [2.75, 3.05) is 13.2 Å². The molecule has 0 saturated carbocycles. The van der Waals surface area contributed by atoms with Crippen LogP contribution < -0.4 is 0 Å². The Morgan fingerprint density at radius 2 is 1.65 bits per heavy atom. The van der Waals surface area contributed by atoms with Gasteiger partial charge in [0.05, 0.1) is 6.61 Å². The molecule has 0 aliphatic heterocycles. The fourth-order valence-corrected chi connectivity index (χ4v) is 4.26. The van der Waals surface area contributed by atoms with E-state index in [-0.39, 0.29) is 12.6 Å². The highest BCUT2D eigenvalue weighted by Gasteiger charge is 2.13. The van der Waals surface area contributed by atoms with E-state index in [9.17, 15) is 9.90 Å². The second kappa shape index (κ2) is 12.9. The molecule has 1 N–H and O–H groups in total. The van der Waals surface area contributed by atoms with Gasteiger partial charge in [0.25, 0.3) is 0 Å². The summed E-state index contributed by atoms with van der Waals surface area (Å²) in [6.45, 7) is 9.66. The zero-order valence-electron chi connectivity index (χ0n) is 20.3. The molecule has 0 heterocycles. The number of ether oxygens (including phenoxy) is 1. The monoisotopic (exact) mass is 456 g/mol. The largest absolute Gasteiger partial charge is 0.462 e. The number of aliphatic hydroxyl groups excluding tert-OH is 1. The third-order valence-corrected chi connectivity index (χ3v) is 6.25. The first-order valence-corrected chi connectivity index (χ1v) is 12.2. The van der Waals surface area contributed by atoms with Crippen LogP contribution in [0.15, 0.2) is 85.5 Å². The number of carbonyl (C=O) groups is 1. The van der Waals surface area contributed by atoms with E-state index < -0.39 is 0 Å². The van der Waals surface area contributed by atoms with Crippen LogP contribution >= 0.6 is 0 Å². The fraction of sp³-hybridized carbons (Fsp3) is 0.323. The maximum absolute atomic E-state index is 11.6. The van der Waals surface area contributed by atoms with Crippen molar-refractivity contribution in [3.63, 3.8) is 0 Å². The highest BCUT2D eigenvalue weighted by atomic mass is 16.5. The van der Waals surface area contributed by atoms with Gasteiger partial charge >= 0.3 is 5.97 Å². The van der Waals surface area contributed by atoms with Crippen LogP contribution in [0.1, 0.15) is 56.1 Å². The highest BCUT2D eigenvalue weighted by Crippen LogP contribution is 2.31. The Labute approximate surface area is 203 Å². The molecule has 0 fully saturated rings. The lowest BCUT2D eigenvalue weighted by Crippen LogP contribution is -2.08. The number of esters is 1. The lowest BCUT2D eigenvalue weighted by atomic mass is 9.88. The van der Waals surface area contributed by atoms with E-state index in [0.717, 1.165) is 38.5 Å². The Balaban J connectivity index is 1.72. The normalized spacial score (nSPS) is 11.8. The summed E-state index contributed by atoms with van der Waals surface area (Å²) in [5.74, 6) is -0.0114. The van der Waals surface area contributed by atoms with Crippen molar-refractivity contribution in [3.05, 3.63) is 96.6 Å². The Morgan fingerprint density at radius 1 is 0.971 bits per heavy atom. The molecule has 3 heteroatoms. The van der Waals surface area contributed by atoms with Crippen LogP contribution in [0.5, 0.6) is 0 Å². The summed E-state index contributed by atoms with van der Waals surface area (Å²) in [5, 5.41) is 11.8. The van der Waals surface area contributed by atoms with Gasteiger partial charge in [-0.25, -0.2) is 4.79 Å².